The van der Waals surface area contributed by atoms with Gasteiger partial charge in [0.15, 0.2) is 0 Å². The minimum atomic E-state index is -4.82. The number of piperazine rings is 1. The van der Waals surface area contributed by atoms with E-state index in [2.05, 4.69) is 0 Å². The Hall–Kier alpha value is -2.86. The van der Waals surface area contributed by atoms with E-state index in [4.69, 9.17) is 4.74 Å². The van der Waals surface area contributed by atoms with Crippen LogP contribution in [-0.4, -0.2) is 56.6 Å². The lowest BCUT2D eigenvalue weighted by molar-refractivity contribution is -0.384. The van der Waals surface area contributed by atoms with Crippen LogP contribution in [0.15, 0.2) is 53.4 Å². The van der Waals surface area contributed by atoms with Crippen molar-refractivity contribution in [2.24, 2.45) is 0 Å². The fraction of sp³-hybridized carbons (Fsp3) is 0.333. The molecule has 0 amide bonds. The van der Waals surface area contributed by atoms with Crippen LogP contribution in [0.4, 0.5) is 24.5 Å². The average Bonchev–Trinajstić information content (AvgIpc) is 2.72. The van der Waals surface area contributed by atoms with Crippen molar-refractivity contribution in [3.05, 3.63) is 58.6 Å². The summed E-state index contributed by atoms with van der Waals surface area (Å²) in [6.45, 7) is -1.02. The molecule has 0 aromatic heterocycles. The largest absolute Gasteiger partial charge is 0.495 e. The van der Waals surface area contributed by atoms with Gasteiger partial charge in [0.25, 0.3) is 5.69 Å². The molecular formula is C18H18F3N3O5S. The van der Waals surface area contributed by atoms with Gasteiger partial charge >= 0.3 is 6.18 Å². The molecule has 0 saturated carbocycles. The third-order valence-corrected chi connectivity index (χ3v) is 6.71. The number of rotatable bonds is 5. The predicted molar refractivity (Wildman–Crippen MR) is 102 cm³/mol. The van der Waals surface area contributed by atoms with Crippen molar-refractivity contribution in [2.75, 3.05) is 31.6 Å². The third-order valence-electron chi connectivity index (χ3n) is 4.79. The van der Waals surface area contributed by atoms with Crippen molar-refractivity contribution in [3.8, 4) is 5.75 Å². The number of non-ortho nitro benzene ring substituents is 1. The zero-order valence-corrected chi connectivity index (χ0v) is 16.6. The van der Waals surface area contributed by atoms with Crippen molar-refractivity contribution >= 4 is 21.4 Å². The number of methoxy groups -OCH3 is 1. The van der Waals surface area contributed by atoms with Gasteiger partial charge in [-0.15, -0.1) is 0 Å². The first-order chi connectivity index (χ1) is 14.1. The maximum Gasteiger partial charge on any atom is 0.406 e. The second-order valence-corrected chi connectivity index (χ2v) is 8.43. The molecule has 30 heavy (non-hydrogen) atoms. The molecule has 0 radical (unpaired) electrons. The molecule has 2 aromatic rings. The molecule has 0 aliphatic carbocycles. The number of anilines is 1. The molecule has 1 aliphatic heterocycles. The summed E-state index contributed by atoms with van der Waals surface area (Å²) in [6.07, 6.45) is -4.82. The van der Waals surface area contributed by atoms with Crippen LogP contribution >= 0.6 is 0 Å². The maximum absolute atomic E-state index is 13.8. The molecule has 0 bridgehead atoms. The SMILES string of the molecule is COc1ccccc1N1CCN(S(=O)(=O)c2ccc([N+](=O)[O-])cc2)C(C(F)(F)F)C1. The Morgan fingerprint density at radius 2 is 1.73 bits per heavy atom. The van der Waals surface area contributed by atoms with Crippen LogP contribution in [0, 0.1) is 10.1 Å². The van der Waals surface area contributed by atoms with Gasteiger partial charge in [0.2, 0.25) is 10.0 Å². The Kier molecular flexibility index (Phi) is 5.90. The van der Waals surface area contributed by atoms with E-state index in [0.717, 1.165) is 24.3 Å². The van der Waals surface area contributed by atoms with Crippen molar-refractivity contribution < 1.29 is 31.2 Å². The average molecular weight is 445 g/mol. The second-order valence-electron chi connectivity index (χ2n) is 6.54. The zero-order valence-electron chi connectivity index (χ0n) is 15.7. The van der Waals surface area contributed by atoms with Crippen molar-refractivity contribution in [1.82, 2.24) is 4.31 Å². The molecule has 12 heteroatoms. The van der Waals surface area contributed by atoms with E-state index in [0.29, 0.717) is 15.7 Å². The summed E-state index contributed by atoms with van der Waals surface area (Å²) in [5.74, 6) is 0.380. The molecule has 1 fully saturated rings. The van der Waals surface area contributed by atoms with E-state index in [9.17, 15) is 31.7 Å². The van der Waals surface area contributed by atoms with Crippen molar-refractivity contribution in [2.45, 2.75) is 17.1 Å². The van der Waals surface area contributed by atoms with Gasteiger partial charge in [0.1, 0.15) is 11.8 Å². The summed E-state index contributed by atoms with van der Waals surface area (Å²) in [5.41, 5.74) is 0.0731. The number of nitro groups is 1. The number of hydrogen-bond donors (Lipinski definition) is 0. The van der Waals surface area contributed by atoms with Crippen LogP contribution in [0.5, 0.6) is 5.75 Å². The summed E-state index contributed by atoms with van der Waals surface area (Å²) < 4.78 is 72.9. The lowest BCUT2D eigenvalue weighted by atomic mass is 10.1. The number of alkyl halides is 3. The molecule has 1 aliphatic rings. The number of hydrogen-bond acceptors (Lipinski definition) is 6. The van der Waals surface area contributed by atoms with Crippen molar-refractivity contribution in [3.63, 3.8) is 0 Å². The first kappa shape index (κ1) is 21.8. The standard InChI is InChI=1S/C18H18F3N3O5S/c1-29-16-5-3-2-4-15(16)22-10-11-23(17(12-22)18(19,20)21)30(27,28)14-8-6-13(7-9-14)24(25)26/h2-9,17H,10-12H2,1H3. The summed E-state index contributed by atoms with van der Waals surface area (Å²) in [7, 11) is -3.13. The molecule has 1 heterocycles. The molecule has 0 N–H and O–H groups in total. The molecule has 1 atom stereocenters. The van der Waals surface area contributed by atoms with Crippen LogP contribution < -0.4 is 9.64 Å². The molecule has 1 saturated heterocycles. The number of nitro benzene ring substituents is 1. The number of ether oxygens (including phenoxy) is 1. The molecule has 0 spiro atoms. The topological polar surface area (TPSA) is 93.0 Å². The van der Waals surface area contributed by atoms with Crippen LogP contribution in [0.25, 0.3) is 0 Å². The van der Waals surface area contributed by atoms with E-state index in [1.54, 1.807) is 24.3 Å². The highest BCUT2D eigenvalue weighted by atomic mass is 32.2. The molecule has 162 valence electrons. The lowest BCUT2D eigenvalue weighted by Gasteiger charge is -2.42. The van der Waals surface area contributed by atoms with Gasteiger partial charge < -0.3 is 9.64 Å². The monoisotopic (exact) mass is 445 g/mol. The number of para-hydroxylation sites is 2. The number of halogens is 3. The molecular weight excluding hydrogens is 427 g/mol. The van der Waals surface area contributed by atoms with Gasteiger partial charge in [-0.1, -0.05) is 12.1 Å². The highest BCUT2D eigenvalue weighted by Gasteiger charge is 2.51. The summed E-state index contributed by atoms with van der Waals surface area (Å²) >= 11 is 0. The van der Waals surface area contributed by atoms with E-state index < -0.39 is 45.1 Å². The Balaban J connectivity index is 1.94. The van der Waals surface area contributed by atoms with Crippen LogP contribution in [0.3, 0.4) is 0 Å². The van der Waals surface area contributed by atoms with Gasteiger partial charge in [-0.3, -0.25) is 10.1 Å². The molecule has 8 nitrogen and oxygen atoms in total. The minimum Gasteiger partial charge on any atom is -0.495 e. The van der Waals surface area contributed by atoms with Gasteiger partial charge in [-0.2, -0.15) is 17.5 Å². The van der Waals surface area contributed by atoms with E-state index in [1.807, 2.05) is 0 Å². The van der Waals surface area contributed by atoms with Crippen molar-refractivity contribution in [1.29, 1.82) is 0 Å². The minimum absolute atomic E-state index is 0.0131. The second kappa shape index (κ2) is 8.11. The smallest absolute Gasteiger partial charge is 0.406 e. The highest BCUT2D eigenvalue weighted by Crippen LogP contribution is 2.36. The Morgan fingerprint density at radius 1 is 1.10 bits per heavy atom. The van der Waals surface area contributed by atoms with Gasteiger partial charge in [-0.05, 0) is 24.3 Å². The summed E-state index contributed by atoms with van der Waals surface area (Å²) in [5, 5.41) is 10.8. The van der Waals surface area contributed by atoms with E-state index in [1.165, 1.54) is 12.0 Å². The van der Waals surface area contributed by atoms with Gasteiger partial charge in [-0.25, -0.2) is 8.42 Å². The van der Waals surface area contributed by atoms with E-state index >= 15 is 0 Å². The van der Waals surface area contributed by atoms with Gasteiger partial charge in [0, 0.05) is 31.8 Å². The first-order valence-electron chi connectivity index (χ1n) is 8.76. The third kappa shape index (κ3) is 4.19. The Morgan fingerprint density at radius 3 is 2.30 bits per heavy atom. The highest BCUT2D eigenvalue weighted by molar-refractivity contribution is 7.89. The van der Waals surface area contributed by atoms with Crippen LogP contribution in [-0.2, 0) is 10.0 Å². The van der Waals surface area contributed by atoms with Crippen LogP contribution in [0.2, 0.25) is 0 Å². The summed E-state index contributed by atoms with van der Waals surface area (Å²) in [6, 6.07) is 8.02. The predicted octanol–water partition coefficient (Wildman–Crippen LogP) is 3.05. The fourth-order valence-corrected chi connectivity index (χ4v) is 4.90. The number of benzene rings is 2. The molecule has 1 unspecified atom stereocenters. The van der Waals surface area contributed by atoms with Crippen LogP contribution in [0.1, 0.15) is 0 Å². The fourth-order valence-electron chi connectivity index (χ4n) is 3.31. The molecule has 2 aromatic carbocycles. The quantitative estimate of drug-likeness (QED) is 0.519. The van der Waals surface area contributed by atoms with E-state index in [-0.39, 0.29) is 12.2 Å². The van der Waals surface area contributed by atoms with Gasteiger partial charge in [0.05, 0.1) is 22.6 Å². The molecule has 3 rings (SSSR count). The normalized spacial score (nSPS) is 18.3. The lowest BCUT2D eigenvalue weighted by Crippen LogP contribution is -2.60. The summed E-state index contributed by atoms with van der Waals surface area (Å²) in [4.78, 5) is 11.0. The number of nitrogens with zero attached hydrogens (tertiary/aromatic N) is 3. The number of sulfonamides is 1. The first-order valence-corrected chi connectivity index (χ1v) is 10.2. The Labute approximate surface area is 170 Å². The Bertz CT molecular complexity index is 1030. The zero-order chi connectivity index (χ0) is 22.1. The maximum atomic E-state index is 13.8.